The molecule has 13 heteroatoms. The van der Waals surface area contributed by atoms with E-state index in [0.717, 1.165) is 56.1 Å². The van der Waals surface area contributed by atoms with Crippen LogP contribution in [0.1, 0.15) is 140 Å². The molecule has 1 fully saturated rings. The van der Waals surface area contributed by atoms with Crippen molar-refractivity contribution in [2.45, 2.75) is 147 Å². The van der Waals surface area contributed by atoms with Crippen LogP contribution < -0.4 is 9.47 Å². The van der Waals surface area contributed by atoms with E-state index in [0.29, 0.717) is 42.2 Å². The number of hydrogen-bond donors (Lipinski definition) is 3. The summed E-state index contributed by atoms with van der Waals surface area (Å²) in [5.41, 5.74) is 2.93. The van der Waals surface area contributed by atoms with E-state index < -0.39 is 23.8 Å². The lowest BCUT2D eigenvalue weighted by Gasteiger charge is -2.59. The Bertz CT molecular complexity index is 1810. The van der Waals surface area contributed by atoms with Gasteiger partial charge in [-0.25, -0.2) is 9.18 Å². The first-order valence-electron chi connectivity index (χ1n) is 25.1. The Labute approximate surface area is 393 Å². The van der Waals surface area contributed by atoms with Crippen LogP contribution in [0.4, 0.5) is 9.18 Å². The van der Waals surface area contributed by atoms with Crippen molar-refractivity contribution >= 4 is 11.8 Å². The zero-order valence-corrected chi connectivity index (χ0v) is 39.9. The van der Waals surface area contributed by atoms with Crippen molar-refractivity contribution in [2.24, 2.45) is 22.9 Å². The average molecular weight is 923 g/mol. The molecule has 368 valence electrons. The minimum Gasteiger partial charge on any atom is -0.489 e. The van der Waals surface area contributed by atoms with Crippen LogP contribution in [0.5, 0.6) is 11.5 Å². The fourth-order valence-electron chi connectivity index (χ4n) is 10.2. The molecular weight excluding hydrogens is 844 g/mol. The van der Waals surface area contributed by atoms with Crippen LogP contribution in [-0.2, 0) is 25.7 Å². The van der Waals surface area contributed by atoms with Gasteiger partial charge in [0.2, 0.25) is 5.79 Å². The summed E-state index contributed by atoms with van der Waals surface area (Å²) in [6.07, 6.45) is 19.7. The SMILES string of the molecule is C=CCO[C@@]12Oc3ccc(OCc4ccccc4F)cc3[C@H]3[C@H](CCCCO)[C@@H](CCCCO)C=C(C(=NOCC)C[C@@H]1N(CCOCCO)C(=O)OCCCCCCCCCCCC)[C@H]32. The van der Waals surface area contributed by atoms with Gasteiger partial charge in [0.25, 0.3) is 0 Å². The number of carbonyl (C=O) groups is 1. The van der Waals surface area contributed by atoms with Crippen molar-refractivity contribution in [2.75, 3.05) is 59.4 Å². The van der Waals surface area contributed by atoms with E-state index >= 15 is 0 Å². The number of rotatable bonds is 33. The second-order valence-corrected chi connectivity index (χ2v) is 17.9. The normalized spacial score (nSPS) is 22.5. The van der Waals surface area contributed by atoms with Crippen molar-refractivity contribution in [1.29, 1.82) is 0 Å². The van der Waals surface area contributed by atoms with Crippen LogP contribution in [0.15, 0.2) is 71.9 Å². The Morgan fingerprint density at radius 2 is 1.62 bits per heavy atom. The molecule has 0 spiro atoms. The molecule has 3 aliphatic rings. The number of oxime groups is 1. The Hall–Kier alpha value is -4.01. The van der Waals surface area contributed by atoms with Gasteiger partial charge in [0, 0.05) is 43.2 Å². The molecule has 0 saturated heterocycles. The highest BCUT2D eigenvalue weighted by Gasteiger charge is 2.65. The van der Waals surface area contributed by atoms with Gasteiger partial charge in [0.1, 0.15) is 36.6 Å². The maximum absolute atomic E-state index is 14.8. The van der Waals surface area contributed by atoms with Crippen molar-refractivity contribution in [3.8, 4) is 11.5 Å². The molecule has 0 unspecified atom stereocenters. The lowest BCUT2D eigenvalue weighted by atomic mass is 9.55. The number of benzene rings is 2. The predicted octanol–water partition coefficient (Wildman–Crippen LogP) is 10.4. The molecule has 1 aliphatic heterocycles. The zero-order valence-electron chi connectivity index (χ0n) is 39.9. The lowest BCUT2D eigenvalue weighted by molar-refractivity contribution is -0.256. The number of amides is 1. The van der Waals surface area contributed by atoms with E-state index in [1.165, 1.54) is 51.0 Å². The van der Waals surface area contributed by atoms with Gasteiger partial charge >= 0.3 is 6.09 Å². The van der Waals surface area contributed by atoms with Crippen LogP contribution in [0, 0.1) is 23.6 Å². The molecule has 6 atom stereocenters. The average Bonchev–Trinajstić information content (AvgIpc) is 3.33. The number of hydrogen-bond acceptors (Lipinski definition) is 11. The third kappa shape index (κ3) is 14.5. The van der Waals surface area contributed by atoms with Crippen LogP contribution in [0.2, 0.25) is 0 Å². The van der Waals surface area contributed by atoms with Crippen molar-refractivity contribution in [3.63, 3.8) is 0 Å². The van der Waals surface area contributed by atoms with Crippen LogP contribution in [0.3, 0.4) is 0 Å². The largest absolute Gasteiger partial charge is 0.489 e. The maximum atomic E-state index is 14.8. The summed E-state index contributed by atoms with van der Waals surface area (Å²) in [4.78, 5) is 22.2. The monoisotopic (exact) mass is 923 g/mol. The minimum absolute atomic E-state index is 0.0110. The van der Waals surface area contributed by atoms with Gasteiger partial charge in [-0.05, 0) is 80.7 Å². The number of allylic oxidation sites excluding steroid dienone is 1. The van der Waals surface area contributed by atoms with E-state index in [1.807, 2.05) is 25.1 Å². The molecule has 2 aliphatic carbocycles. The van der Waals surface area contributed by atoms with Crippen molar-refractivity contribution < 1.29 is 53.0 Å². The van der Waals surface area contributed by atoms with Gasteiger partial charge in [0.15, 0.2) is 0 Å². The molecule has 0 aromatic heterocycles. The Kier molecular flexibility index (Phi) is 23.3. The Balaban J connectivity index is 1.58. The summed E-state index contributed by atoms with van der Waals surface area (Å²) >= 11 is 0. The van der Waals surface area contributed by atoms with E-state index in [4.69, 9.17) is 33.7 Å². The van der Waals surface area contributed by atoms with Gasteiger partial charge in [-0.3, -0.25) is 4.90 Å². The number of unbranched alkanes of at least 4 members (excludes halogenated alkanes) is 11. The molecule has 1 heterocycles. The molecule has 0 radical (unpaired) electrons. The second kappa shape index (κ2) is 29.0. The molecule has 66 heavy (non-hydrogen) atoms. The number of fused-ring (bicyclic) bond motifs is 2. The van der Waals surface area contributed by atoms with E-state index in [2.05, 4.69) is 19.6 Å². The number of aliphatic hydroxyl groups is 3. The highest BCUT2D eigenvalue weighted by molar-refractivity contribution is 6.03. The molecule has 2 aromatic rings. The fraction of sp³-hybridized carbons (Fsp3) is 0.660. The van der Waals surface area contributed by atoms with Gasteiger partial charge in [0.05, 0.1) is 44.7 Å². The standard InChI is InChI=1S/C53H79FN2O10/c1-4-7-8-9-10-11-12-13-14-21-33-62-52(60)56(28-34-61-35-31-59)49-38-47(55-65-6-3)44-36-40(22-17-19-29-57)43(24-18-20-30-58)50-45-37-42(63-39-41-23-15-16-25-46(41)54)26-27-48(45)66-53(49,51(44)50)64-32-5-2/h5,15-16,23,25-27,36-37,40,43,49-51,57-59H,2,4,6-14,17-22,24,28-35,38-39H2,1,3H3/t40-,43+,49-,50+,51+,53+/m0/s1. The molecule has 12 nitrogen and oxygen atoms in total. The summed E-state index contributed by atoms with van der Waals surface area (Å²) in [6.45, 7) is 9.24. The van der Waals surface area contributed by atoms with E-state index in [-0.39, 0.29) is 89.4 Å². The zero-order chi connectivity index (χ0) is 47.0. The van der Waals surface area contributed by atoms with Gasteiger partial charge in [-0.2, -0.15) is 0 Å². The summed E-state index contributed by atoms with van der Waals surface area (Å²) < 4.78 is 47.4. The van der Waals surface area contributed by atoms with Gasteiger partial charge in [-0.1, -0.05) is 113 Å². The van der Waals surface area contributed by atoms with E-state index in [1.54, 1.807) is 29.2 Å². The molecule has 3 N–H and O–H groups in total. The summed E-state index contributed by atoms with van der Waals surface area (Å²) in [5, 5.41) is 34.2. The molecule has 1 amide bonds. The molecule has 2 aromatic carbocycles. The quantitative estimate of drug-likeness (QED) is 0.0359. The van der Waals surface area contributed by atoms with Crippen LogP contribution in [0.25, 0.3) is 0 Å². The molecular formula is C53H79FN2O10. The van der Waals surface area contributed by atoms with Crippen LogP contribution in [-0.4, -0.2) is 103 Å². The minimum atomic E-state index is -1.48. The highest BCUT2D eigenvalue weighted by atomic mass is 19.1. The summed E-state index contributed by atoms with van der Waals surface area (Å²) in [7, 11) is 0. The highest BCUT2D eigenvalue weighted by Crippen LogP contribution is 2.62. The number of halogens is 1. The first-order chi connectivity index (χ1) is 32.4. The first kappa shape index (κ1) is 53.0. The number of aliphatic hydroxyl groups excluding tert-OH is 3. The summed E-state index contributed by atoms with van der Waals surface area (Å²) in [5.74, 6) is -1.42. The second-order valence-electron chi connectivity index (χ2n) is 17.9. The number of carbonyl (C=O) groups excluding carboxylic acids is 1. The first-order valence-corrected chi connectivity index (χ1v) is 25.1. The third-order valence-corrected chi connectivity index (χ3v) is 13.3. The lowest BCUT2D eigenvalue weighted by Crippen LogP contribution is -2.70. The van der Waals surface area contributed by atoms with Gasteiger partial charge in [-0.15, -0.1) is 6.58 Å². The van der Waals surface area contributed by atoms with Crippen molar-refractivity contribution in [3.05, 3.63) is 83.7 Å². The van der Waals surface area contributed by atoms with Crippen LogP contribution >= 0.6 is 0 Å². The smallest absolute Gasteiger partial charge is 0.410 e. The third-order valence-electron chi connectivity index (χ3n) is 13.3. The number of nitrogens with zero attached hydrogens (tertiary/aromatic N) is 2. The topological polar surface area (TPSA) is 149 Å². The Morgan fingerprint density at radius 1 is 0.894 bits per heavy atom. The Morgan fingerprint density at radius 3 is 2.32 bits per heavy atom. The maximum Gasteiger partial charge on any atom is 0.410 e. The molecule has 5 rings (SSSR count). The predicted molar refractivity (Wildman–Crippen MR) is 255 cm³/mol. The summed E-state index contributed by atoms with van der Waals surface area (Å²) in [6, 6.07) is 11.5. The fourth-order valence-corrected chi connectivity index (χ4v) is 10.2. The van der Waals surface area contributed by atoms with Gasteiger partial charge < -0.3 is 43.8 Å². The number of ether oxygens (including phenoxy) is 5. The van der Waals surface area contributed by atoms with Crippen molar-refractivity contribution in [1.82, 2.24) is 4.90 Å². The molecule has 0 bridgehead atoms. The molecule has 1 saturated carbocycles. The van der Waals surface area contributed by atoms with E-state index in [9.17, 15) is 24.5 Å².